The predicted molar refractivity (Wildman–Crippen MR) is 92.1 cm³/mol. The zero-order chi connectivity index (χ0) is 16.3. The Morgan fingerprint density at radius 1 is 1.17 bits per heavy atom. The van der Waals surface area contributed by atoms with Crippen molar-refractivity contribution in [1.82, 2.24) is 9.97 Å². The molecule has 2 heterocycles. The van der Waals surface area contributed by atoms with Crippen LogP contribution in [0, 0.1) is 0 Å². The van der Waals surface area contributed by atoms with E-state index in [1.54, 1.807) is 17.4 Å². The molecule has 5 nitrogen and oxygen atoms in total. The van der Waals surface area contributed by atoms with E-state index in [2.05, 4.69) is 16.0 Å². The molecule has 0 bridgehead atoms. The number of imidazole rings is 1. The lowest BCUT2D eigenvalue weighted by Gasteiger charge is -2.15. The van der Waals surface area contributed by atoms with Gasteiger partial charge in [0.2, 0.25) is 5.91 Å². The number of hydrogen-bond acceptors (Lipinski definition) is 3. The van der Waals surface area contributed by atoms with Crippen molar-refractivity contribution in [2.75, 3.05) is 10.6 Å². The van der Waals surface area contributed by atoms with E-state index < -0.39 is 5.41 Å². The number of benzene rings is 2. The number of hydrogen-bond donors (Lipinski definition) is 2. The van der Waals surface area contributed by atoms with Crippen LogP contribution in [0.3, 0.4) is 0 Å². The van der Waals surface area contributed by atoms with Gasteiger partial charge in [-0.15, -0.1) is 0 Å². The van der Waals surface area contributed by atoms with Crippen LogP contribution >= 0.6 is 0 Å². The van der Waals surface area contributed by atoms with Crippen LogP contribution in [0.15, 0.2) is 61.1 Å². The molecule has 1 aliphatic heterocycles. The molecule has 24 heavy (non-hydrogen) atoms. The van der Waals surface area contributed by atoms with Gasteiger partial charge in [0.25, 0.3) is 0 Å². The van der Waals surface area contributed by atoms with E-state index in [1.165, 1.54) is 5.56 Å². The number of carbonyl (C=O) groups is 1. The van der Waals surface area contributed by atoms with Crippen LogP contribution in [0.1, 0.15) is 23.5 Å². The van der Waals surface area contributed by atoms with Gasteiger partial charge in [-0.1, -0.05) is 30.3 Å². The first-order valence-electron chi connectivity index (χ1n) is 8.00. The summed E-state index contributed by atoms with van der Waals surface area (Å²) < 4.78 is 0. The van der Waals surface area contributed by atoms with E-state index in [0.29, 0.717) is 5.82 Å². The summed E-state index contributed by atoms with van der Waals surface area (Å²) in [5.74, 6) is 1.03. The maximum absolute atomic E-state index is 13.3. The van der Waals surface area contributed by atoms with Gasteiger partial charge in [0.05, 0.1) is 23.6 Å². The fourth-order valence-corrected chi connectivity index (χ4v) is 4.01. The van der Waals surface area contributed by atoms with Crippen LogP contribution in [-0.2, 0) is 10.2 Å². The maximum atomic E-state index is 13.3. The smallest absolute Gasteiger partial charge is 0.244 e. The molecule has 0 unspecified atom stereocenters. The van der Waals surface area contributed by atoms with Crippen molar-refractivity contribution in [3.8, 4) is 0 Å². The number of fused-ring (bicyclic) bond motifs is 2. The first-order valence-corrected chi connectivity index (χ1v) is 8.00. The van der Waals surface area contributed by atoms with Gasteiger partial charge in [0.15, 0.2) is 0 Å². The lowest BCUT2D eigenvalue weighted by atomic mass is 9.92. The minimum Gasteiger partial charge on any atom is -0.399 e. The molecule has 1 aliphatic carbocycles. The highest BCUT2D eigenvalue weighted by molar-refractivity contribution is 6.15. The van der Waals surface area contributed by atoms with Crippen LogP contribution in [0.5, 0.6) is 0 Å². The van der Waals surface area contributed by atoms with Crippen molar-refractivity contribution in [2.45, 2.75) is 17.8 Å². The average Bonchev–Trinajstić information content (AvgIpc) is 3.02. The summed E-state index contributed by atoms with van der Waals surface area (Å²) in [6, 6.07) is 15.9. The Labute approximate surface area is 139 Å². The number of nitrogens with zero attached hydrogens (tertiary/aromatic N) is 2. The van der Waals surface area contributed by atoms with Crippen molar-refractivity contribution < 1.29 is 4.79 Å². The number of para-hydroxylation sites is 1. The molecular formula is C19H16N4O. The molecule has 1 aromatic heterocycles. The molecule has 2 aliphatic rings. The second-order valence-corrected chi connectivity index (χ2v) is 6.49. The first-order chi connectivity index (χ1) is 11.7. The van der Waals surface area contributed by atoms with Crippen molar-refractivity contribution in [1.29, 1.82) is 0 Å². The minimum atomic E-state index is -0.460. The lowest BCUT2D eigenvalue weighted by Crippen LogP contribution is -2.29. The molecule has 5 heteroatoms. The number of nitrogens with two attached hydrogens (primary N) is 1. The van der Waals surface area contributed by atoms with Crippen LogP contribution < -0.4 is 10.6 Å². The van der Waals surface area contributed by atoms with Gasteiger partial charge in [-0.05, 0) is 35.7 Å². The fraction of sp³-hybridized carbons (Fsp3) is 0.158. The van der Waals surface area contributed by atoms with Crippen LogP contribution in [-0.4, -0.2) is 15.9 Å². The summed E-state index contributed by atoms with van der Waals surface area (Å²) in [5.41, 5.74) is 9.29. The van der Waals surface area contributed by atoms with Gasteiger partial charge in [-0.3, -0.25) is 9.69 Å². The fourth-order valence-electron chi connectivity index (χ4n) is 4.01. The predicted octanol–water partition coefficient (Wildman–Crippen LogP) is 3.10. The van der Waals surface area contributed by atoms with E-state index in [0.717, 1.165) is 23.4 Å². The minimum absolute atomic E-state index is 0.120. The zero-order valence-electron chi connectivity index (χ0n) is 12.9. The number of rotatable bonds is 2. The van der Waals surface area contributed by atoms with Crippen LogP contribution in [0.4, 0.5) is 17.2 Å². The molecule has 1 amide bonds. The Kier molecular flexibility index (Phi) is 2.49. The topological polar surface area (TPSA) is 75.0 Å². The molecule has 3 aromatic rings. The molecule has 1 spiro atoms. The molecule has 2 atom stereocenters. The Balaban J connectivity index is 1.63. The van der Waals surface area contributed by atoms with Gasteiger partial charge >= 0.3 is 0 Å². The van der Waals surface area contributed by atoms with Crippen molar-refractivity contribution >= 4 is 23.1 Å². The molecule has 5 rings (SSSR count). The average molecular weight is 316 g/mol. The van der Waals surface area contributed by atoms with Gasteiger partial charge in [0, 0.05) is 11.6 Å². The third kappa shape index (κ3) is 1.58. The van der Waals surface area contributed by atoms with Crippen LogP contribution in [0.25, 0.3) is 0 Å². The number of nitrogens with one attached hydrogen (secondary N) is 1. The molecule has 1 fully saturated rings. The van der Waals surface area contributed by atoms with Gasteiger partial charge in [-0.2, -0.15) is 0 Å². The number of H-pyrrole nitrogens is 1. The Morgan fingerprint density at radius 2 is 1.96 bits per heavy atom. The number of carbonyl (C=O) groups excluding carboxylic acids is 1. The molecule has 118 valence electrons. The highest BCUT2D eigenvalue weighted by Crippen LogP contribution is 2.67. The number of aromatic nitrogens is 2. The standard InChI is InChI=1S/C19H16N4O/c20-13-7-5-12(6-8-13)15-9-19(15)14-3-1-2-4-16(14)23(18(19)24)17-10-21-11-22-17/h1-8,10-11,15H,9,20H2,(H,21,22)/t15-,19-/m1/s1. The summed E-state index contributed by atoms with van der Waals surface area (Å²) in [6.45, 7) is 0. The Hall–Kier alpha value is -3.08. The number of anilines is 3. The number of nitrogen functional groups attached to an aromatic ring is 1. The molecule has 1 saturated carbocycles. The summed E-state index contributed by atoms with van der Waals surface area (Å²) >= 11 is 0. The van der Waals surface area contributed by atoms with E-state index in [4.69, 9.17) is 5.73 Å². The monoisotopic (exact) mass is 316 g/mol. The molecule has 3 N–H and O–H groups in total. The van der Waals surface area contributed by atoms with E-state index in [1.807, 2.05) is 42.5 Å². The van der Waals surface area contributed by atoms with Crippen molar-refractivity contribution in [2.24, 2.45) is 0 Å². The van der Waals surface area contributed by atoms with E-state index in [9.17, 15) is 4.79 Å². The second kappa shape index (κ2) is 4.47. The SMILES string of the molecule is Nc1ccc([C@H]2C[C@]23C(=O)N(c2cnc[nH]2)c2ccccc23)cc1. The summed E-state index contributed by atoms with van der Waals surface area (Å²) in [5, 5.41) is 0. The first kappa shape index (κ1) is 13.4. The summed E-state index contributed by atoms with van der Waals surface area (Å²) in [4.78, 5) is 22.2. The summed E-state index contributed by atoms with van der Waals surface area (Å²) in [6.07, 6.45) is 4.12. The van der Waals surface area contributed by atoms with Gasteiger partial charge in [0.1, 0.15) is 5.82 Å². The van der Waals surface area contributed by atoms with Crippen molar-refractivity contribution in [3.63, 3.8) is 0 Å². The molecule has 2 aromatic carbocycles. The largest absolute Gasteiger partial charge is 0.399 e. The highest BCUT2D eigenvalue weighted by Gasteiger charge is 2.67. The quantitative estimate of drug-likeness (QED) is 0.713. The number of amides is 1. The molecule has 0 radical (unpaired) electrons. The Morgan fingerprint density at radius 3 is 2.71 bits per heavy atom. The number of aromatic amines is 1. The van der Waals surface area contributed by atoms with Crippen LogP contribution in [0.2, 0.25) is 0 Å². The normalized spacial score (nSPS) is 24.4. The second-order valence-electron chi connectivity index (χ2n) is 6.49. The third-order valence-electron chi connectivity index (χ3n) is 5.23. The lowest BCUT2D eigenvalue weighted by molar-refractivity contribution is -0.119. The van der Waals surface area contributed by atoms with E-state index >= 15 is 0 Å². The summed E-state index contributed by atoms with van der Waals surface area (Å²) in [7, 11) is 0. The van der Waals surface area contributed by atoms with Gasteiger partial charge < -0.3 is 10.7 Å². The van der Waals surface area contributed by atoms with E-state index in [-0.39, 0.29) is 11.8 Å². The Bertz CT molecular complexity index is 932. The molecular weight excluding hydrogens is 300 g/mol. The maximum Gasteiger partial charge on any atom is 0.244 e. The van der Waals surface area contributed by atoms with Crippen molar-refractivity contribution in [3.05, 3.63) is 72.2 Å². The third-order valence-corrected chi connectivity index (χ3v) is 5.23. The van der Waals surface area contributed by atoms with Gasteiger partial charge in [-0.25, -0.2) is 4.98 Å². The zero-order valence-corrected chi connectivity index (χ0v) is 12.9. The molecule has 0 saturated heterocycles. The highest BCUT2D eigenvalue weighted by atomic mass is 16.2.